The van der Waals surface area contributed by atoms with Crippen molar-refractivity contribution in [2.45, 2.75) is 19.8 Å². The van der Waals surface area contributed by atoms with E-state index in [1.807, 2.05) is 25.1 Å². The zero-order chi connectivity index (χ0) is 23.3. The van der Waals surface area contributed by atoms with Crippen molar-refractivity contribution in [1.82, 2.24) is 19.9 Å². The molecule has 7 nitrogen and oxygen atoms in total. The summed E-state index contributed by atoms with van der Waals surface area (Å²) in [5.74, 6) is 1.59. The number of morpholine rings is 1. The van der Waals surface area contributed by atoms with Crippen molar-refractivity contribution in [2.75, 3.05) is 31.2 Å². The normalized spacial score (nSPS) is 13.7. The van der Waals surface area contributed by atoms with Crippen molar-refractivity contribution in [3.05, 3.63) is 95.3 Å². The molecule has 1 saturated heterocycles. The molecule has 34 heavy (non-hydrogen) atoms. The largest absolute Gasteiger partial charge is 0.508 e. The third-order valence-corrected chi connectivity index (χ3v) is 5.98. The van der Waals surface area contributed by atoms with E-state index in [2.05, 4.69) is 39.1 Å². The highest BCUT2D eigenvalue weighted by molar-refractivity contribution is 5.62. The van der Waals surface area contributed by atoms with E-state index in [1.54, 1.807) is 24.5 Å². The smallest absolute Gasteiger partial charge is 0.159 e. The van der Waals surface area contributed by atoms with Gasteiger partial charge in [0.1, 0.15) is 11.6 Å². The second kappa shape index (κ2) is 9.97. The molecular formula is C27H27N5O2. The summed E-state index contributed by atoms with van der Waals surface area (Å²) >= 11 is 0. The number of anilines is 1. The molecule has 0 spiro atoms. The molecule has 3 heterocycles. The van der Waals surface area contributed by atoms with Gasteiger partial charge in [-0.25, -0.2) is 19.9 Å². The van der Waals surface area contributed by atoms with Crippen LogP contribution < -0.4 is 4.90 Å². The number of ether oxygens (including phenoxy) is 1. The Bertz CT molecular complexity index is 1270. The lowest BCUT2D eigenvalue weighted by Gasteiger charge is -2.28. The first-order chi connectivity index (χ1) is 16.6. The van der Waals surface area contributed by atoms with Gasteiger partial charge in [0.25, 0.3) is 0 Å². The van der Waals surface area contributed by atoms with Crippen LogP contribution in [0.25, 0.3) is 11.4 Å². The Morgan fingerprint density at radius 3 is 2.38 bits per heavy atom. The number of hydrogen-bond acceptors (Lipinski definition) is 7. The summed E-state index contributed by atoms with van der Waals surface area (Å²) < 4.78 is 5.44. The minimum atomic E-state index is 0.202. The van der Waals surface area contributed by atoms with E-state index >= 15 is 0 Å². The topological polar surface area (TPSA) is 84.3 Å². The van der Waals surface area contributed by atoms with Crippen LogP contribution in [-0.4, -0.2) is 51.3 Å². The summed E-state index contributed by atoms with van der Waals surface area (Å²) in [6.45, 7) is 5.41. The van der Waals surface area contributed by atoms with E-state index in [9.17, 15) is 5.11 Å². The Labute approximate surface area is 199 Å². The highest BCUT2D eigenvalue weighted by Gasteiger charge is 2.12. The van der Waals surface area contributed by atoms with Crippen LogP contribution in [0, 0.1) is 6.92 Å². The van der Waals surface area contributed by atoms with E-state index in [-0.39, 0.29) is 5.75 Å². The van der Waals surface area contributed by atoms with Crippen LogP contribution in [0.1, 0.15) is 28.3 Å². The van der Waals surface area contributed by atoms with Crippen molar-refractivity contribution in [2.24, 2.45) is 0 Å². The van der Waals surface area contributed by atoms with Gasteiger partial charge < -0.3 is 14.7 Å². The molecule has 4 aromatic rings. The standard InChI is InChI=1S/C27H27N5O2/c1-19-2-7-24(33)18-25(19)27-29-11-9-22(31-27)17-21-8-10-28-26(30-21)16-20-3-5-23(6-4-20)32-12-14-34-15-13-32/h2-11,18,33H,12-17H2,1H3. The Balaban J connectivity index is 1.29. The molecule has 7 heteroatoms. The minimum Gasteiger partial charge on any atom is -0.508 e. The quantitative estimate of drug-likeness (QED) is 0.473. The SMILES string of the molecule is Cc1ccc(O)cc1-c1nccc(Cc2ccnc(Cc3ccc(N4CCOCC4)cc3)n2)n1. The molecule has 0 aliphatic carbocycles. The van der Waals surface area contributed by atoms with Gasteiger partial charge in [-0.2, -0.15) is 0 Å². The van der Waals surface area contributed by atoms with E-state index in [1.165, 1.54) is 11.3 Å². The number of aryl methyl sites for hydroxylation is 1. The van der Waals surface area contributed by atoms with E-state index < -0.39 is 0 Å². The van der Waals surface area contributed by atoms with Crippen molar-refractivity contribution in [3.8, 4) is 17.1 Å². The number of rotatable bonds is 6. The van der Waals surface area contributed by atoms with Crippen LogP contribution in [0.3, 0.4) is 0 Å². The third kappa shape index (κ3) is 5.21. The van der Waals surface area contributed by atoms with Gasteiger partial charge in [0, 0.05) is 49.6 Å². The maximum absolute atomic E-state index is 9.86. The monoisotopic (exact) mass is 453 g/mol. The number of aromatic nitrogens is 4. The number of aromatic hydroxyl groups is 1. The fraction of sp³-hybridized carbons (Fsp3) is 0.259. The van der Waals surface area contributed by atoms with Crippen molar-refractivity contribution < 1.29 is 9.84 Å². The zero-order valence-corrected chi connectivity index (χ0v) is 19.2. The summed E-state index contributed by atoms with van der Waals surface area (Å²) in [6, 6.07) is 17.7. The van der Waals surface area contributed by atoms with Gasteiger partial charge in [0.05, 0.1) is 24.6 Å². The van der Waals surface area contributed by atoms with E-state index in [0.717, 1.165) is 54.6 Å². The number of nitrogens with zero attached hydrogens (tertiary/aromatic N) is 5. The predicted molar refractivity (Wildman–Crippen MR) is 131 cm³/mol. The maximum atomic E-state index is 9.86. The van der Waals surface area contributed by atoms with Crippen LogP contribution >= 0.6 is 0 Å². The van der Waals surface area contributed by atoms with Gasteiger partial charge in [-0.3, -0.25) is 0 Å². The van der Waals surface area contributed by atoms with Gasteiger partial charge in [0.2, 0.25) is 0 Å². The number of hydrogen-bond donors (Lipinski definition) is 1. The highest BCUT2D eigenvalue weighted by Crippen LogP contribution is 2.24. The molecule has 1 fully saturated rings. The Morgan fingerprint density at radius 2 is 1.59 bits per heavy atom. The second-order valence-electron chi connectivity index (χ2n) is 8.45. The summed E-state index contributed by atoms with van der Waals surface area (Å²) in [5.41, 5.74) is 6.02. The summed E-state index contributed by atoms with van der Waals surface area (Å²) in [6.07, 6.45) is 4.81. The molecule has 2 aromatic heterocycles. The second-order valence-corrected chi connectivity index (χ2v) is 8.45. The average molecular weight is 454 g/mol. The van der Waals surface area contributed by atoms with Crippen LogP contribution in [-0.2, 0) is 17.6 Å². The molecule has 2 aromatic carbocycles. The Kier molecular flexibility index (Phi) is 6.44. The van der Waals surface area contributed by atoms with Crippen LogP contribution in [0.2, 0.25) is 0 Å². The van der Waals surface area contributed by atoms with Crippen molar-refractivity contribution in [1.29, 1.82) is 0 Å². The van der Waals surface area contributed by atoms with Crippen molar-refractivity contribution in [3.63, 3.8) is 0 Å². The summed E-state index contributed by atoms with van der Waals surface area (Å²) in [7, 11) is 0. The number of phenolic OH excluding ortho intramolecular Hbond substituents is 1. The minimum absolute atomic E-state index is 0.202. The molecule has 0 radical (unpaired) electrons. The third-order valence-electron chi connectivity index (χ3n) is 5.98. The van der Waals surface area contributed by atoms with Crippen molar-refractivity contribution >= 4 is 5.69 Å². The van der Waals surface area contributed by atoms with Gasteiger partial charge in [-0.05, 0) is 54.4 Å². The van der Waals surface area contributed by atoms with Gasteiger partial charge in [-0.1, -0.05) is 18.2 Å². The highest BCUT2D eigenvalue weighted by atomic mass is 16.5. The zero-order valence-electron chi connectivity index (χ0n) is 19.2. The lowest BCUT2D eigenvalue weighted by atomic mass is 10.1. The van der Waals surface area contributed by atoms with E-state index in [0.29, 0.717) is 18.7 Å². The molecule has 172 valence electrons. The van der Waals surface area contributed by atoms with Crippen LogP contribution in [0.5, 0.6) is 5.75 Å². The molecule has 0 amide bonds. The molecule has 1 aliphatic rings. The van der Waals surface area contributed by atoms with Gasteiger partial charge in [0.15, 0.2) is 5.82 Å². The lowest BCUT2D eigenvalue weighted by Crippen LogP contribution is -2.36. The molecule has 1 N–H and O–H groups in total. The molecule has 1 aliphatic heterocycles. The Hall–Kier alpha value is -3.84. The maximum Gasteiger partial charge on any atom is 0.159 e. The summed E-state index contributed by atoms with van der Waals surface area (Å²) in [4.78, 5) is 20.7. The van der Waals surface area contributed by atoms with E-state index in [4.69, 9.17) is 14.7 Å². The van der Waals surface area contributed by atoms with Gasteiger partial charge in [-0.15, -0.1) is 0 Å². The number of phenols is 1. The average Bonchev–Trinajstić information content (AvgIpc) is 2.87. The molecule has 5 rings (SSSR count). The Morgan fingerprint density at radius 1 is 0.853 bits per heavy atom. The molecular weight excluding hydrogens is 426 g/mol. The molecule has 0 bridgehead atoms. The first kappa shape index (κ1) is 22.0. The number of benzene rings is 2. The van der Waals surface area contributed by atoms with Gasteiger partial charge >= 0.3 is 0 Å². The fourth-order valence-electron chi connectivity index (χ4n) is 4.11. The fourth-order valence-corrected chi connectivity index (χ4v) is 4.11. The first-order valence-electron chi connectivity index (χ1n) is 11.5. The molecule has 0 saturated carbocycles. The molecule has 0 unspecified atom stereocenters. The van der Waals surface area contributed by atoms with Crippen LogP contribution in [0.4, 0.5) is 5.69 Å². The predicted octanol–water partition coefficient (Wildman–Crippen LogP) is 3.97. The lowest BCUT2D eigenvalue weighted by molar-refractivity contribution is 0.122. The van der Waals surface area contributed by atoms with Crippen LogP contribution in [0.15, 0.2) is 67.0 Å². The molecule has 0 atom stereocenters. The first-order valence-corrected chi connectivity index (χ1v) is 11.5. The summed E-state index contributed by atoms with van der Waals surface area (Å²) in [5, 5.41) is 9.86.